The molecule has 192 valence electrons. The van der Waals surface area contributed by atoms with E-state index in [1.54, 1.807) is 25.3 Å². The number of thioether (sulfide) groups is 1. The van der Waals surface area contributed by atoms with E-state index in [-0.39, 0.29) is 5.92 Å². The number of halogens is 1. The third-order valence-electron chi connectivity index (χ3n) is 7.76. The summed E-state index contributed by atoms with van der Waals surface area (Å²) < 4.78 is 20.1. The Labute approximate surface area is 211 Å². The fourth-order valence-electron chi connectivity index (χ4n) is 5.69. The van der Waals surface area contributed by atoms with E-state index < -0.39 is 23.7 Å². The van der Waals surface area contributed by atoms with E-state index >= 15 is 0 Å². The number of fused-ring (bicyclic) bond motifs is 1. The third-order valence-corrected chi connectivity index (χ3v) is 9.12. The first-order valence-electron chi connectivity index (χ1n) is 12.9. The van der Waals surface area contributed by atoms with Crippen molar-refractivity contribution in [1.82, 2.24) is 9.88 Å². The number of hydrogen-bond donors (Lipinski definition) is 2. The lowest BCUT2D eigenvalue weighted by atomic mass is 9.81. The van der Waals surface area contributed by atoms with E-state index in [4.69, 9.17) is 10.5 Å². The summed E-state index contributed by atoms with van der Waals surface area (Å²) >= 11 is 2.06. The van der Waals surface area contributed by atoms with Crippen LogP contribution in [0.3, 0.4) is 0 Å². The number of nitrogens with zero attached hydrogens (tertiary/aromatic N) is 2. The molecule has 0 amide bonds. The van der Waals surface area contributed by atoms with Crippen molar-refractivity contribution in [3.63, 3.8) is 0 Å². The van der Waals surface area contributed by atoms with Crippen molar-refractivity contribution < 1.29 is 19.0 Å². The van der Waals surface area contributed by atoms with Crippen LogP contribution in [-0.4, -0.2) is 58.7 Å². The Morgan fingerprint density at radius 3 is 2.86 bits per heavy atom. The number of carboxylic acid groups (broad SMARTS) is 1. The van der Waals surface area contributed by atoms with Gasteiger partial charge in [0.15, 0.2) is 0 Å². The number of hydrogen-bond acceptors (Lipinski definition) is 6. The quantitative estimate of drug-likeness (QED) is 0.458. The highest BCUT2D eigenvalue weighted by molar-refractivity contribution is 7.99. The first-order chi connectivity index (χ1) is 17.0. The molecule has 0 radical (unpaired) electrons. The molecular formula is C27H38FN3O3S. The molecular weight excluding hydrogens is 465 g/mol. The van der Waals surface area contributed by atoms with Crippen LogP contribution in [0, 0.1) is 17.7 Å². The molecule has 2 aromatic rings. The minimum absolute atomic E-state index is 0.0477. The van der Waals surface area contributed by atoms with Gasteiger partial charge in [-0.1, -0.05) is 19.3 Å². The second-order valence-electron chi connectivity index (χ2n) is 10.0. The fraction of sp³-hybridized carbons (Fsp3) is 0.630. The van der Waals surface area contributed by atoms with Gasteiger partial charge in [-0.15, -0.1) is 0 Å². The number of aliphatic carboxylic acids is 1. The molecule has 0 spiro atoms. The average Bonchev–Trinajstić information content (AvgIpc) is 2.87. The molecule has 2 unspecified atom stereocenters. The maximum atomic E-state index is 14.8. The van der Waals surface area contributed by atoms with Crippen LogP contribution in [0.15, 0.2) is 24.4 Å². The second-order valence-corrected chi connectivity index (χ2v) is 11.4. The molecule has 6 nitrogen and oxygen atoms in total. The first kappa shape index (κ1) is 26.2. The molecule has 3 atom stereocenters. The van der Waals surface area contributed by atoms with Crippen LogP contribution < -0.4 is 10.5 Å². The van der Waals surface area contributed by atoms with Crippen molar-refractivity contribution in [2.45, 2.75) is 62.7 Å². The topological polar surface area (TPSA) is 88.7 Å². The van der Waals surface area contributed by atoms with Crippen LogP contribution in [0.2, 0.25) is 0 Å². The van der Waals surface area contributed by atoms with Crippen molar-refractivity contribution >= 4 is 28.6 Å². The number of benzene rings is 1. The van der Waals surface area contributed by atoms with E-state index in [1.165, 1.54) is 38.3 Å². The molecule has 0 bridgehead atoms. The summed E-state index contributed by atoms with van der Waals surface area (Å²) in [7, 11) is 1.57. The zero-order valence-electron chi connectivity index (χ0n) is 20.6. The van der Waals surface area contributed by atoms with Crippen molar-refractivity contribution in [3.8, 4) is 5.75 Å². The third kappa shape index (κ3) is 6.66. The number of piperidine rings is 1. The highest BCUT2D eigenvalue weighted by Gasteiger charge is 2.34. The summed E-state index contributed by atoms with van der Waals surface area (Å²) in [4.78, 5) is 18.6. The van der Waals surface area contributed by atoms with Crippen molar-refractivity contribution in [1.29, 1.82) is 0 Å². The summed E-state index contributed by atoms with van der Waals surface area (Å²) in [6, 6.07) is 4.82. The van der Waals surface area contributed by atoms with Gasteiger partial charge in [0.25, 0.3) is 0 Å². The van der Waals surface area contributed by atoms with E-state index in [0.29, 0.717) is 41.6 Å². The monoisotopic (exact) mass is 503 g/mol. The molecule has 8 heteroatoms. The lowest BCUT2D eigenvalue weighted by Gasteiger charge is -2.37. The molecule has 35 heavy (non-hydrogen) atoms. The number of ether oxygens (including phenoxy) is 1. The Balaban J connectivity index is 1.34. The maximum absolute atomic E-state index is 14.8. The molecule has 2 aliphatic rings. The largest absolute Gasteiger partial charge is 0.497 e. The van der Waals surface area contributed by atoms with Gasteiger partial charge in [0.1, 0.15) is 11.6 Å². The number of rotatable bonds is 10. The number of nitrogens with two attached hydrogens (primary N) is 1. The molecule has 1 aliphatic heterocycles. The number of aromatic nitrogens is 1. The van der Waals surface area contributed by atoms with Gasteiger partial charge in [0.2, 0.25) is 0 Å². The van der Waals surface area contributed by atoms with Gasteiger partial charge in [-0.3, -0.25) is 9.78 Å². The van der Waals surface area contributed by atoms with Gasteiger partial charge in [-0.2, -0.15) is 11.8 Å². The van der Waals surface area contributed by atoms with E-state index in [1.807, 2.05) is 0 Å². The lowest BCUT2D eigenvalue weighted by molar-refractivity contribution is -0.146. The van der Waals surface area contributed by atoms with Crippen molar-refractivity contribution in [2.24, 2.45) is 17.6 Å². The number of carboxylic acids is 1. The summed E-state index contributed by atoms with van der Waals surface area (Å²) in [6.07, 6.45) is 9.95. The van der Waals surface area contributed by atoms with Gasteiger partial charge in [-0.25, -0.2) is 4.39 Å². The number of methoxy groups -OCH3 is 1. The van der Waals surface area contributed by atoms with E-state index in [9.17, 15) is 14.3 Å². The van der Waals surface area contributed by atoms with Crippen LogP contribution in [-0.2, 0) is 4.79 Å². The van der Waals surface area contributed by atoms with E-state index in [0.717, 1.165) is 30.5 Å². The normalized spacial score (nSPS) is 22.8. The molecule has 2 heterocycles. The summed E-state index contributed by atoms with van der Waals surface area (Å²) in [6.45, 7) is 2.45. The van der Waals surface area contributed by atoms with Gasteiger partial charge in [-0.05, 0) is 62.8 Å². The Bertz CT molecular complexity index is 1000. The van der Waals surface area contributed by atoms with Crippen LogP contribution >= 0.6 is 11.8 Å². The van der Waals surface area contributed by atoms with Gasteiger partial charge in [0.05, 0.1) is 24.7 Å². The van der Waals surface area contributed by atoms with Crippen LogP contribution in [0.25, 0.3) is 10.9 Å². The highest BCUT2D eigenvalue weighted by atomic mass is 32.2. The van der Waals surface area contributed by atoms with Crippen LogP contribution in [0.5, 0.6) is 5.75 Å². The Morgan fingerprint density at radius 2 is 2.11 bits per heavy atom. The van der Waals surface area contributed by atoms with Crippen LogP contribution in [0.1, 0.15) is 63.0 Å². The Morgan fingerprint density at radius 1 is 1.31 bits per heavy atom. The molecule has 1 saturated heterocycles. The molecule has 1 aromatic heterocycles. The Hall–Kier alpha value is -1.90. The number of pyridine rings is 1. The van der Waals surface area contributed by atoms with Gasteiger partial charge < -0.3 is 20.5 Å². The van der Waals surface area contributed by atoms with Crippen molar-refractivity contribution in [3.05, 3.63) is 35.8 Å². The second kappa shape index (κ2) is 12.4. The summed E-state index contributed by atoms with van der Waals surface area (Å²) in [5, 5.41) is 11.4. The lowest BCUT2D eigenvalue weighted by Crippen LogP contribution is -2.44. The first-order valence-corrected chi connectivity index (χ1v) is 14.0. The number of carbonyl (C=O) groups is 1. The summed E-state index contributed by atoms with van der Waals surface area (Å²) in [5.74, 6) is 0.168. The standard InChI is InChI=1S/C27H38FN3O3S/c1-34-19-8-10-25-21(15-19)26(23(28)16-30-25)24(29)9-7-18-11-12-31(17-22(18)27(32)33)13-14-35-20-5-3-2-4-6-20/h8,10,15-16,18,20,22,24H,2-7,9,11-14,17,29H2,1H3,(H,32,33)/t18?,22?,24-/m1/s1. The average molecular weight is 504 g/mol. The molecule has 1 saturated carbocycles. The maximum Gasteiger partial charge on any atom is 0.308 e. The summed E-state index contributed by atoms with van der Waals surface area (Å²) in [5.41, 5.74) is 7.58. The smallest absolute Gasteiger partial charge is 0.308 e. The fourth-order valence-corrected chi connectivity index (χ4v) is 7.05. The molecule has 1 aromatic carbocycles. The number of likely N-dealkylation sites (tertiary alicyclic amines) is 1. The van der Waals surface area contributed by atoms with Crippen molar-refractivity contribution in [2.75, 3.05) is 32.5 Å². The minimum Gasteiger partial charge on any atom is -0.497 e. The van der Waals surface area contributed by atoms with Gasteiger partial charge in [0, 0.05) is 41.1 Å². The van der Waals surface area contributed by atoms with E-state index in [2.05, 4.69) is 21.6 Å². The highest BCUT2D eigenvalue weighted by Crippen LogP contribution is 2.34. The van der Waals surface area contributed by atoms with Gasteiger partial charge >= 0.3 is 5.97 Å². The predicted octanol–water partition coefficient (Wildman–Crippen LogP) is 5.25. The Kier molecular flexibility index (Phi) is 9.25. The predicted molar refractivity (Wildman–Crippen MR) is 139 cm³/mol. The zero-order chi connectivity index (χ0) is 24.8. The SMILES string of the molecule is COc1ccc2ncc(F)c([C@H](N)CCC3CCN(CCSC4CCCCC4)CC3C(=O)O)c2c1. The molecule has 1 aliphatic carbocycles. The molecule has 3 N–H and O–H groups in total. The zero-order valence-corrected chi connectivity index (χ0v) is 21.4. The van der Waals surface area contributed by atoms with Crippen LogP contribution in [0.4, 0.5) is 4.39 Å². The minimum atomic E-state index is -0.738. The molecule has 2 fully saturated rings. The molecule has 4 rings (SSSR count).